The molecule has 9 nitrogen and oxygen atoms in total. The highest BCUT2D eigenvalue weighted by atomic mass is 32.2. The minimum atomic E-state index is -3.24. The van der Waals surface area contributed by atoms with Crippen LogP contribution in [0, 0.1) is 0 Å². The molecule has 2 atom stereocenters. The smallest absolute Gasteiger partial charge is 0.228 e. The molecule has 2 fully saturated rings. The van der Waals surface area contributed by atoms with E-state index >= 15 is 0 Å². The quantitative estimate of drug-likeness (QED) is 0.700. The second kappa shape index (κ2) is 8.29. The Morgan fingerprint density at radius 2 is 1.94 bits per heavy atom. The number of aliphatic hydroxyl groups is 1. The summed E-state index contributed by atoms with van der Waals surface area (Å²) in [6, 6.07) is -0.203. The van der Waals surface area contributed by atoms with Crippen molar-refractivity contribution >= 4 is 27.7 Å². The van der Waals surface area contributed by atoms with Crippen molar-refractivity contribution in [2.24, 2.45) is 0 Å². The van der Waals surface area contributed by atoms with Crippen molar-refractivity contribution in [1.82, 2.24) is 14.3 Å². The molecule has 0 aromatic carbocycles. The molecule has 0 bridgehead atoms. The van der Waals surface area contributed by atoms with Gasteiger partial charge in [-0.3, -0.25) is 9.69 Å². The molecule has 1 aromatic rings. The van der Waals surface area contributed by atoms with Gasteiger partial charge in [-0.25, -0.2) is 17.7 Å². The monoisotopic (exact) mass is 451 g/mol. The van der Waals surface area contributed by atoms with E-state index in [1.54, 1.807) is 36.2 Å². The van der Waals surface area contributed by atoms with Gasteiger partial charge in [-0.1, -0.05) is 0 Å². The summed E-state index contributed by atoms with van der Waals surface area (Å²) in [7, 11) is -3.24. The Morgan fingerprint density at radius 3 is 2.55 bits per heavy atom. The number of nitrogens with zero attached hydrogens (tertiary/aromatic N) is 4. The first kappa shape index (κ1) is 22.4. The zero-order chi connectivity index (χ0) is 22.4. The first-order valence-electron chi connectivity index (χ1n) is 11.3. The molecule has 1 amide bonds. The van der Waals surface area contributed by atoms with Crippen molar-refractivity contribution in [3.63, 3.8) is 0 Å². The average molecular weight is 452 g/mol. The number of nitrogens with one attached hydrogen (secondary N) is 1. The lowest BCUT2D eigenvalue weighted by atomic mass is 9.95. The van der Waals surface area contributed by atoms with Gasteiger partial charge in [0.2, 0.25) is 21.9 Å². The summed E-state index contributed by atoms with van der Waals surface area (Å²) < 4.78 is 26.3. The summed E-state index contributed by atoms with van der Waals surface area (Å²) in [5, 5.41) is 13.7. The number of aryl methyl sites for hydroxylation is 1. The van der Waals surface area contributed by atoms with E-state index in [0.29, 0.717) is 57.0 Å². The number of sulfonamides is 1. The van der Waals surface area contributed by atoms with E-state index in [-0.39, 0.29) is 18.0 Å². The molecule has 2 unspecified atom stereocenters. The molecule has 31 heavy (non-hydrogen) atoms. The lowest BCUT2D eigenvalue weighted by Gasteiger charge is -2.39. The van der Waals surface area contributed by atoms with Gasteiger partial charge >= 0.3 is 0 Å². The predicted octanol–water partition coefficient (Wildman–Crippen LogP) is 1.67. The van der Waals surface area contributed by atoms with E-state index in [9.17, 15) is 18.3 Å². The molecule has 2 N–H and O–H groups in total. The molecule has 3 aliphatic rings. The lowest BCUT2D eigenvalue weighted by molar-refractivity contribution is -0.120. The maximum atomic E-state index is 12.8. The average Bonchev–Trinajstić information content (AvgIpc) is 3.07. The van der Waals surface area contributed by atoms with Crippen molar-refractivity contribution in [3.8, 4) is 0 Å². The molecular weight excluding hydrogens is 418 g/mol. The van der Waals surface area contributed by atoms with Gasteiger partial charge in [-0.05, 0) is 59.3 Å². The van der Waals surface area contributed by atoms with Crippen LogP contribution in [-0.4, -0.2) is 69.7 Å². The fourth-order valence-corrected chi connectivity index (χ4v) is 6.24. The Hall–Kier alpha value is -1.78. The fraction of sp³-hybridized carbons (Fsp3) is 0.762. The normalized spacial score (nSPS) is 28.2. The van der Waals surface area contributed by atoms with Crippen LogP contribution in [0.15, 0.2) is 6.20 Å². The number of hydrogen-bond acceptors (Lipinski definition) is 7. The summed E-state index contributed by atoms with van der Waals surface area (Å²) in [6.45, 7) is 6.15. The molecule has 1 aromatic heterocycles. The van der Waals surface area contributed by atoms with Crippen LogP contribution in [-0.2, 0) is 21.2 Å². The van der Waals surface area contributed by atoms with Gasteiger partial charge in [0.05, 0.1) is 16.9 Å². The van der Waals surface area contributed by atoms with E-state index in [4.69, 9.17) is 0 Å². The van der Waals surface area contributed by atoms with Gasteiger partial charge in [0.15, 0.2) is 0 Å². The molecule has 10 heteroatoms. The molecule has 1 saturated carbocycles. The molecule has 2 aliphatic heterocycles. The topological polar surface area (TPSA) is 116 Å². The maximum absolute atomic E-state index is 12.8. The first-order valence-corrected chi connectivity index (χ1v) is 12.8. The number of fused-ring (bicyclic) bond motifs is 1. The molecule has 1 saturated heterocycles. The molecule has 172 valence electrons. The zero-order valence-corrected chi connectivity index (χ0v) is 19.4. The van der Waals surface area contributed by atoms with Gasteiger partial charge in [-0.2, -0.15) is 4.98 Å². The summed E-state index contributed by atoms with van der Waals surface area (Å²) in [5.41, 5.74) is 0.00284. The molecule has 1 aliphatic carbocycles. The number of amides is 1. The van der Waals surface area contributed by atoms with Crippen LogP contribution in [0.5, 0.6) is 0 Å². The molecule has 0 spiro atoms. The van der Waals surface area contributed by atoms with Crippen LogP contribution in [0.4, 0.5) is 11.8 Å². The number of rotatable bonds is 5. The molecular formula is C21H33N5O4S. The van der Waals surface area contributed by atoms with E-state index in [0.717, 1.165) is 18.4 Å². The van der Waals surface area contributed by atoms with Crippen molar-refractivity contribution in [3.05, 3.63) is 11.8 Å². The summed E-state index contributed by atoms with van der Waals surface area (Å²) in [4.78, 5) is 23.6. The Labute approximate surface area is 184 Å². The minimum absolute atomic E-state index is 0.00322. The Morgan fingerprint density at radius 1 is 1.23 bits per heavy atom. The van der Waals surface area contributed by atoms with Gasteiger partial charge in [0, 0.05) is 37.3 Å². The van der Waals surface area contributed by atoms with Gasteiger partial charge in [0.25, 0.3) is 0 Å². The Bertz CT molecular complexity index is 941. The maximum Gasteiger partial charge on any atom is 0.228 e. The largest absolute Gasteiger partial charge is 0.388 e. The van der Waals surface area contributed by atoms with Crippen LogP contribution in [0.25, 0.3) is 0 Å². The van der Waals surface area contributed by atoms with Gasteiger partial charge < -0.3 is 10.4 Å². The highest BCUT2D eigenvalue weighted by Gasteiger charge is 2.45. The van der Waals surface area contributed by atoms with E-state index < -0.39 is 20.9 Å². The number of carbonyl (C=O) groups is 1. The molecule has 4 rings (SSSR count). The van der Waals surface area contributed by atoms with Crippen LogP contribution in [0.2, 0.25) is 0 Å². The number of aromatic nitrogens is 2. The third-order valence-electron chi connectivity index (χ3n) is 6.88. The van der Waals surface area contributed by atoms with Crippen LogP contribution in [0.1, 0.15) is 64.9 Å². The highest BCUT2D eigenvalue weighted by Crippen LogP contribution is 2.39. The third-order valence-corrected chi connectivity index (χ3v) is 9.16. The fourth-order valence-electron chi connectivity index (χ4n) is 4.93. The standard InChI is InChI=1S/C21H33N5O4S/c1-14(2)31(29,30)25-11-8-16(9-12-25)23-20-22-13-15-6-7-18(27)26(19(15)24-20)17-5-4-10-21(17,3)28/h13-14,16-17,28H,4-12H2,1-3H3,(H,22,23,24). The van der Waals surface area contributed by atoms with Crippen molar-refractivity contribution in [2.45, 2.75) is 88.7 Å². The number of piperidine rings is 1. The van der Waals surface area contributed by atoms with Crippen LogP contribution < -0.4 is 10.2 Å². The van der Waals surface area contributed by atoms with Crippen molar-refractivity contribution < 1.29 is 18.3 Å². The predicted molar refractivity (Wildman–Crippen MR) is 118 cm³/mol. The second-order valence-corrected chi connectivity index (χ2v) is 12.0. The van der Waals surface area contributed by atoms with E-state index in [1.165, 1.54) is 0 Å². The van der Waals surface area contributed by atoms with E-state index in [1.807, 2.05) is 0 Å². The molecule has 3 heterocycles. The van der Waals surface area contributed by atoms with Gasteiger partial charge in [-0.15, -0.1) is 0 Å². The van der Waals surface area contributed by atoms with Crippen LogP contribution >= 0.6 is 0 Å². The first-order chi connectivity index (χ1) is 14.6. The number of hydrogen-bond donors (Lipinski definition) is 2. The number of anilines is 2. The summed E-state index contributed by atoms with van der Waals surface area (Å²) in [6.07, 6.45) is 6.43. The van der Waals surface area contributed by atoms with Crippen molar-refractivity contribution in [2.75, 3.05) is 23.3 Å². The van der Waals surface area contributed by atoms with E-state index in [2.05, 4.69) is 15.3 Å². The highest BCUT2D eigenvalue weighted by molar-refractivity contribution is 7.89. The Kier molecular flexibility index (Phi) is 5.99. The summed E-state index contributed by atoms with van der Waals surface area (Å²) >= 11 is 0. The Balaban J connectivity index is 1.49. The summed E-state index contributed by atoms with van der Waals surface area (Å²) in [5.74, 6) is 1.04. The molecule has 0 radical (unpaired) electrons. The minimum Gasteiger partial charge on any atom is -0.388 e. The van der Waals surface area contributed by atoms with Crippen molar-refractivity contribution in [1.29, 1.82) is 0 Å². The lowest BCUT2D eigenvalue weighted by Crippen LogP contribution is -2.52. The SMILES string of the molecule is CC(C)S(=O)(=O)N1CCC(Nc2ncc3c(n2)N(C2CCCC2(C)O)C(=O)CC3)CC1. The zero-order valence-electron chi connectivity index (χ0n) is 18.5. The third kappa shape index (κ3) is 4.29. The van der Waals surface area contributed by atoms with Crippen LogP contribution in [0.3, 0.4) is 0 Å². The number of carbonyl (C=O) groups excluding carboxylic acids is 1. The second-order valence-electron chi connectivity index (χ2n) is 9.48. The van der Waals surface area contributed by atoms with Gasteiger partial charge in [0.1, 0.15) is 5.82 Å².